The van der Waals surface area contributed by atoms with E-state index in [1.165, 1.54) is 12.1 Å². The van der Waals surface area contributed by atoms with Crippen molar-refractivity contribution in [3.8, 4) is 24.2 Å². The average Bonchev–Trinajstić information content (AvgIpc) is 2.90. The summed E-state index contributed by atoms with van der Waals surface area (Å²) in [6.45, 7) is 7.15. The number of aromatic hydroxyl groups is 1. The molecular formula is C31H38N4O5. The highest BCUT2D eigenvalue weighted by molar-refractivity contribution is 5.92. The van der Waals surface area contributed by atoms with Crippen LogP contribution < -0.4 is 10.6 Å². The van der Waals surface area contributed by atoms with Crippen LogP contribution in [0.1, 0.15) is 69.7 Å². The first-order valence-electron chi connectivity index (χ1n) is 13.3. The summed E-state index contributed by atoms with van der Waals surface area (Å²) in [6, 6.07) is 12.5. The maximum Gasteiger partial charge on any atom is 0.408 e. The topological polar surface area (TPSA) is 132 Å². The summed E-state index contributed by atoms with van der Waals surface area (Å²) in [5.41, 5.74) is 0.891. The Morgan fingerprint density at radius 2 is 1.73 bits per heavy atom. The lowest BCUT2D eigenvalue weighted by atomic mass is 9.99. The van der Waals surface area contributed by atoms with E-state index < -0.39 is 42.1 Å². The summed E-state index contributed by atoms with van der Waals surface area (Å²) in [5.74, 6) is 1.48. The van der Waals surface area contributed by atoms with Crippen molar-refractivity contribution in [2.45, 2.75) is 71.1 Å². The first-order chi connectivity index (χ1) is 19.0. The second kappa shape index (κ2) is 15.2. The average molecular weight is 547 g/mol. The zero-order valence-electron chi connectivity index (χ0n) is 23.6. The van der Waals surface area contributed by atoms with Gasteiger partial charge in [0, 0.05) is 18.5 Å². The van der Waals surface area contributed by atoms with Gasteiger partial charge in [0.2, 0.25) is 11.8 Å². The number of hydrogen-bond acceptors (Lipinski definition) is 6. The summed E-state index contributed by atoms with van der Waals surface area (Å²) in [6.07, 6.45) is 7.37. The van der Waals surface area contributed by atoms with Crippen molar-refractivity contribution in [3.63, 3.8) is 0 Å². The molecule has 2 aromatic carbocycles. The van der Waals surface area contributed by atoms with Gasteiger partial charge < -0.3 is 25.4 Å². The van der Waals surface area contributed by atoms with Crippen molar-refractivity contribution in [1.82, 2.24) is 15.5 Å². The van der Waals surface area contributed by atoms with Crippen molar-refractivity contribution in [2.75, 3.05) is 13.1 Å². The van der Waals surface area contributed by atoms with Gasteiger partial charge in [0.05, 0.1) is 6.07 Å². The Balaban J connectivity index is 2.50. The molecule has 0 bridgehead atoms. The highest BCUT2D eigenvalue weighted by Gasteiger charge is 2.36. The van der Waals surface area contributed by atoms with Crippen LogP contribution in [0.4, 0.5) is 4.79 Å². The predicted octanol–water partition coefficient (Wildman–Crippen LogP) is 4.21. The molecule has 2 atom stereocenters. The number of amides is 3. The molecule has 2 unspecified atom stereocenters. The Labute approximate surface area is 236 Å². The van der Waals surface area contributed by atoms with Gasteiger partial charge in [0.15, 0.2) is 0 Å². The Bertz CT molecular complexity index is 1220. The van der Waals surface area contributed by atoms with Crippen molar-refractivity contribution in [1.29, 1.82) is 5.26 Å². The second-order valence-electron chi connectivity index (χ2n) is 10.4. The monoisotopic (exact) mass is 546 g/mol. The molecule has 3 N–H and O–H groups in total. The third kappa shape index (κ3) is 9.99. The quantitative estimate of drug-likeness (QED) is 0.208. The van der Waals surface area contributed by atoms with E-state index >= 15 is 0 Å². The largest absolute Gasteiger partial charge is 0.508 e. The van der Waals surface area contributed by atoms with Crippen molar-refractivity contribution >= 4 is 17.9 Å². The lowest BCUT2D eigenvalue weighted by Crippen LogP contribution is -2.54. The van der Waals surface area contributed by atoms with Gasteiger partial charge in [0.25, 0.3) is 0 Å². The number of ether oxygens (including phenoxy) is 1. The normalized spacial score (nSPS) is 12.2. The summed E-state index contributed by atoms with van der Waals surface area (Å²) >= 11 is 0. The molecule has 0 spiro atoms. The molecule has 9 heteroatoms. The molecule has 9 nitrogen and oxygen atoms in total. The van der Waals surface area contributed by atoms with E-state index in [0.29, 0.717) is 23.2 Å². The van der Waals surface area contributed by atoms with E-state index in [1.807, 2.05) is 6.07 Å². The molecule has 0 aliphatic heterocycles. The highest BCUT2D eigenvalue weighted by Crippen LogP contribution is 2.24. The first-order valence-corrected chi connectivity index (χ1v) is 13.3. The van der Waals surface area contributed by atoms with Crippen LogP contribution in [0.3, 0.4) is 0 Å². The van der Waals surface area contributed by atoms with Gasteiger partial charge in [-0.2, -0.15) is 5.26 Å². The Kier molecular flexibility index (Phi) is 12.0. The maximum absolute atomic E-state index is 14.1. The molecule has 0 fully saturated rings. The smallest absolute Gasteiger partial charge is 0.408 e. The summed E-state index contributed by atoms with van der Waals surface area (Å²) in [7, 11) is 0. The van der Waals surface area contributed by atoms with Crippen LogP contribution in [0.15, 0.2) is 48.5 Å². The lowest BCUT2D eigenvalue weighted by molar-refractivity contribution is -0.141. The van der Waals surface area contributed by atoms with E-state index in [2.05, 4.69) is 23.5 Å². The van der Waals surface area contributed by atoms with Crippen LogP contribution in [0, 0.1) is 23.7 Å². The van der Waals surface area contributed by atoms with Gasteiger partial charge in [-0.15, -0.1) is 6.42 Å². The number of phenols is 1. The minimum absolute atomic E-state index is 0.0289. The van der Waals surface area contributed by atoms with Gasteiger partial charge >= 0.3 is 6.09 Å². The molecule has 2 aromatic rings. The lowest BCUT2D eigenvalue weighted by Gasteiger charge is -2.33. The van der Waals surface area contributed by atoms with Crippen LogP contribution in [-0.4, -0.2) is 52.6 Å². The zero-order valence-corrected chi connectivity index (χ0v) is 23.6. The number of carbonyl (C=O) groups is 3. The number of alkyl carbamates (subject to hydrolysis) is 1. The summed E-state index contributed by atoms with van der Waals surface area (Å²) in [5, 5.41) is 24.9. The number of hydrogen-bond donors (Lipinski definition) is 3. The molecule has 2 rings (SSSR count). The molecule has 3 amide bonds. The number of phenolic OH excluding ortho intramolecular Hbond substituents is 1. The number of nitrogens with one attached hydrogen (secondary N) is 2. The molecule has 0 saturated heterocycles. The number of benzene rings is 2. The molecule has 0 radical (unpaired) electrons. The van der Waals surface area contributed by atoms with Gasteiger partial charge in [-0.3, -0.25) is 9.59 Å². The molecule has 0 aliphatic rings. The van der Waals surface area contributed by atoms with Crippen LogP contribution in [0.2, 0.25) is 0 Å². The van der Waals surface area contributed by atoms with E-state index in [9.17, 15) is 24.8 Å². The Morgan fingerprint density at radius 1 is 1.07 bits per heavy atom. The number of nitriles is 1. The van der Waals surface area contributed by atoms with Crippen LogP contribution in [0.5, 0.6) is 5.75 Å². The van der Waals surface area contributed by atoms with E-state index in [4.69, 9.17) is 11.2 Å². The summed E-state index contributed by atoms with van der Waals surface area (Å²) in [4.78, 5) is 41.5. The van der Waals surface area contributed by atoms with Gasteiger partial charge in [-0.25, -0.2) is 4.79 Å². The predicted molar refractivity (Wildman–Crippen MR) is 152 cm³/mol. The zero-order chi connectivity index (χ0) is 29.7. The first kappa shape index (κ1) is 31.7. The number of nitrogens with zero attached hydrogens (tertiary/aromatic N) is 2. The molecule has 0 aromatic heterocycles. The fraction of sp³-hybridized carbons (Fsp3) is 0.419. The number of unbranched alkanes of at least 4 members (excludes halogenated alkanes) is 2. The van der Waals surface area contributed by atoms with Crippen LogP contribution in [0.25, 0.3) is 0 Å². The summed E-state index contributed by atoms with van der Waals surface area (Å²) < 4.78 is 5.39. The van der Waals surface area contributed by atoms with Crippen LogP contribution >= 0.6 is 0 Å². The molecular weight excluding hydrogens is 508 g/mol. The van der Waals surface area contributed by atoms with Gasteiger partial charge in [0.1, 0.15) is 30.0 Å². The highest BCUT2D eigenvalue weighted by atomic mass is 16.6. The van der Waals surface area contributed by atoms with Gasteiger partial charge in [-0.05, 0) is 62.6 Å². The van der Waals surface area contributed by atoms with Crippen LogP contribution in [-0.2, 0) is 20.7 Å². The third-order valence-electron chi connectivity index (χ3n) is 5.92. The Hall–Kier alpha value is -4.50. The van der Waals surface area contributed by atoms with Crippen molar-refractivity contribution in [2.24, 2.45) is 0 Å². The van der Waals surface area contributed by atoms with E-state index in [-0.39, 0.29) is 12.2 Å². The maximum atomic E-state index is 14.1. The van der Waals surface area contributed by atoms with Crippen molar-refractivity contribution < 1.29 is 24.2 Å². The molecule has 0 heterocycles. The molecule has 0 aliphatic carbocycles. The number of terminal acetylenes is 1. The second-order valence-corrected chi connectivity index (χ2v) is 10.4. The third-order valence-corrected chi connectivity index (χ3v) is 5.92. The number of rotatable bonds is 12. The fourth-order valence-electron chi connectivity index (χ4n) is 4.01. The molecule has 212 valence electrons. The SMILES string of the molecule is C#Cc1ccc(C(C(=O)NCCCCC)N(CC#N)C(=O)C(Cc2ccc(O)cc2)NC(=O)OC(C)(C)C)cc1. The standard InChI is InChI=1S/C31H38N4O5/c1-6-8-9-19-33-28(37)27(24-14-10-22(7-2)11-15-24)35(20-18-32)29(38)26(34-30(39)40-31(3,4)5)21-23-12-16-25(36)17-13-23/h2,10-17,26-27,36H,6,8-9,19-21H2,1,3-5H3,(H,33,37)(H,34,39). The molecule has 0 saturated carbocycles. The minimum atomic E-state index is -1.17. The van der Waals surface area contributed by atoms with E-state index in [0.717, 1.165) is 24.2 Å². The number of carbonyl (C=O) groups excluding carboxylic acids is 3. The molecule has 40 heavy (non-hydrogen) atoms. The van der Waals surface area contributed by atoms with Crippen molar-refractivity contribution in [3.05, 3.63) is 65.2 Å². The minimum Gasteiger partial charge on any atom is -0.508 e. The van der Waals surface area contributed by atoms with E-state index in [1.54, 1.807) is 57.2 Å². The Morgan fingerprint density at radius 3 is 2.27 bits per heavy atom. The fourth-order valence-corrected chi connectivity index (χ4v) is 4.01. The van der Waals surface area contributed by atoms with Gasteiger partial charge in [-0.1, -0.05) is 50.0 Å².